The van der Waals surface area contributed by atoms with Crippen LogP contribution in [0.4, 0.5) is 0 Å². The largest absolute Gasteiger partial charge is 0.381 e. The number of nitrogens with one attached hydrogen (secondary N) is 1. The molecule has 0 bridgehead atoms. The smallest absolute Gasteiger partial charge is 0.0788 e. The van der Waals surface area contributed by atoms with Crippen molar-refractivity contribution in [2.45, 2.75) is 25.3 Å². The Hall–Kier alpha value is -2.43. The third kappa shape index (κ3) is 3.50. The predicted molar refractivity (Wildman–Crippen MR) is 110 cm³/mol. The van der Waals surface area contributed by atoms with Crippen LogP contribution in [-0.4, -0.2) is 41.4 Å². The Bertz CT molecular complexity index is 861. The number of aromatic amines is 1. The van der Waals surface area contributed by atoms with Crippen molar-refractivity contribution in [2.24, 2.45) is 5.92 Å². The van der Waals surface area contributed by atoms with Gasteiger partial charge in [-0.05, 0) is 23.5 Å². The maximum atomic E-state index is 5.59. The Morgan fingerprint density at radius 1 is 1.04 bits per heavy atom. The minimum absolute atomic E-state index is 0.164. The highest BCUT2D eigenvalue weighted by molar-refractivity contribution is 5.44. The van der Waals surface area contributed by atoms with E-state index in [2.05, 4.69) is 70.7 Å². The van der Waals surface area contributed by atoms with Gasteiger partial charge in [0.05, 0.1) is 18.2 Å². The number of aromatic nitrogens is 2. The SMILES string of the molecule is c1ccc(C(c2ccccc2)c2n[nH]c3c2CN(CC2CCOC2)CC3)cc1. The summed E-state index contributed by atoms with van der Waals surface area (Å²) in [6, 6.07) is 21.5. The highest BCUT2D eigenvalue weighted by Gasteiger charge is 2.29. The highest BCUT2D eigenvalue weighted by atomic mass is 16.5. The predicted octanol–water partition coefficient (Wildman–Crippen LogP) is 3.98. The van der Waals surface area contributed by atoms with Gasteiger partial charge < -0.3 is 4.74 Å². The van der Waals surface area contributed by atoms with E-state index in [0.29, 0.717) is 5.92 Å². The van der Waals surface area contributed by atoms with Crippen molar-refractivity contribution in [3.05, 3.63) is 88.7 Å². The van der Waals surface area contributed by atoms with Crippen LogP contribution in [-0.2, 0) is 17.7 Å². The fourth-order valence-electron chi connectivity index (χ4n) is 4.66. The summed E-state index contributed by atoms with van der Waals surface area (Å²) in [5.41, 5.74) is 6.47. The average Bonchev–Trinajstić information content (AvgIpc) is 3.40. The van der Waals surface area contributed by atoms with Gasteiger partial charge in [-0.2, -0.15) is 5.10 Å². The molecule has 1 unspecified atom stereocenters. The van der Waals surface area contributed by atoms with Crippen LogP contribution in [0.15, 0.2) is 60.7 Å². The third-order valence-electron chi connectivity index (χ3n) is 6.12. The molecule has 4 heteroatoms. The lowest BCUT2D eigenvalue weighted by molar-refractivity contribution is 0.162. The van der Waals surface area contributed by atoms with Crippen molar-refractivity contribution >= 4 is 0 Å². The second-order valence-electron chi connectivity index (χ2n) is 8.04. The van der Waals surface area contributed by atoms with Crippen molar-refractivity contribution in [2.75, 3.05) is 26.3 Å². The molecule has 1 atom stereocenters. The molecule has 0 saturated carbocycles. The van der Waals surface area contributed by atoms with Gasteiger partial charge in [0.25, 0.3) is 0 Å². The fourth-order valence-corrected chi connectivity index (χ4v) is 4.66. The van der Waals surface area contributed by atoms with Crippen molar-refractivity contribution in [1.29, 1.82) is 0 Å². The van der Waals surface area contributed by atoms with Gasteiger partial charge in [-0.3, -0.25) is 10.00 Å². The summed E-state index contributed by atoms with van der Waals surface area (Å²) < 4.78 is 5.59. The summed E-state index contributed by atoms with van der Waals surface area (Å²) in [6.07, 6.45) is 2.24. The van der Waals surface area contributed by atoms with Gasteiger partial charge in [0.1, 0.15) is 0 Å². The maximum absolute atomic E-state index is 5.59. The summed E-state index contributed by atoms with van der Waals surface area (Å²) in [4.78, 5) is 2.59. The van der Waals surface area contributed by atoms with E-state index in [-0.39, 0.29) is 5.92 Å². The maximum Gasteiger partial charge on any atom is 0.0788 e. The first-order valence-corrected chi connectivity index (χ1v) is 10.3. The normalized spacial score (nSPS) is 19.8. The standard InChI is InChI=1S/C24H27N3O/c1-3-7-19(8-4-1)23(20-9-5-2-6-10-20)24-21-16-27(13-11-22(21)25-26-24)15-18-12-14-28-17-18/h1-10,18,23H,11-17H2,(H,25,26). The van der Waals surface area contributed by atoms with Gasteiger partial charge in [-0.15, -0.1) is 0 Å². The molecule has 3 heterocycles. The zero-order valence-electron chi connectivity index (χ0n) is 16.2. The Kier molecular flexibility index (Phi) is 4.98. The average molecular weight is 374 g/mol. The molecule has 144 valence electrons. The number of hydrogen-bond acceptors (Lipinski definition) is 3. The van der Waals surface area contributed by atoms with E-state index in [9.17, 15) is 0 Å². The molecule has 3 aromatic rings. The fraction of sp³-hybridized carbons (Fsp3) is 0.375. The molecule has 2 aromatic carbocycles. The van der Waals surface area contributed by atoms with Crippen LogP contribution >= 0.6 is 0 Å². The van der Waals surface area contributed by atoms with E-state index in [1.54, 1.807) is 0 Å². The third-order valence-corrected chi connectivity index (χ3v) is 6.12. The van der Waals surface area contributed by atoms with Crippen LogP contribution in [0.2, 0.25) is 0 Å². The van der Waals surface area contributed by atoms with Gasteiger partial charge in [0.2, 0.25) is 0 Å². The topological polar surface area (TPSA) is 41.2 Å². The number of rotatable bonds is 5. The molecular formula is C24H27N3O. The molecule has 0 amide bonds. The molecule has 5 rings (SSSR count). The second-order valence-corrected chi connectivity index (χ2v) is 8.04. The molecule has 0 spiro atoms. The van der Waals surface area contributed by atoms with E-state index in [1.165, 1.54) is 34.5 Å². The lowest BCUT2D eigenvalue weighted by Crippen LogP contribution is -2.35. The number of fused-ring (bicyclic) bond motifs is 1. The lowest BCUT2D eigenvalue weighted by atomic mass is 9.85. The summed E-state index contributed by atoms with van der Waals surface area (Å²) in [7, 11) is 0. The first-order valence-electron chi connectivity index (χ1n) is 10.3. The summed E-state index contributed by atoms with van der Waals surface area (Å²) in [5, 5.41) is 8.20. The number of hydrogen-bond donors (Lipinski definition) is 1. The summed E-state index contributed by atoms with van der Waals surface area (Å²) >= 11 is 0. The monoisotopic (exact) mass is 373 g/mol. The first-order chi connectivity index (χ1) is 13.9. The highest BCUT2D eigenvalue weighted by Crippen LogP contribution is 2.35. The van der Waals surface area contributed by atoms with Crippen LogP contribution in [0.3, 0.4) is 0 Å². The minimum atomic E-state index is 0.164. The molecule has 28 heavy (non-hydrogen) atoms. The second kappa shape index (κ2) is 7.90. The zero-order chi connectivity index (χ0) is 18.8. The van der Waals surface area contributed by atoms with Gasteiger partial charge >= 0.3 is 0 Å². The van der Waals surface area contributed by atoms with E-state index >= 15 is 0 Å². The quantitative estimate of drug-likeness (QED) is 0.735. The summed E-state index contributed by atoms with van der Waals surface area (Å²) in [6.45, 7) is 5.05. The van der Waals surface area contributed by atoms with Crippen LogP contribution in [0.25, 0.3) is 0 Å². The minimum Gasteiger partial charge on any atom is -0.381 e. The van der Waals surface area contributed by atoms with Crippen molar-refractivity contribution in [3.63, 3.8) is 0 Å². The summed E-state index contributed by atoms with van der Waals surface area (Å²) in [5.74, 6) is 0.841. The number of H-pyrrole nitrogens is 1. The van der Waals surface area contributed by atoms with E-state index in [0.717, 1.165) is 39.3 Å². The van der Waals surface area contributed by atoms with E-state index in [1.807, 2.05) is 0 Å². The van der Waals surface area contributed by atoms with Crippen LogP contribution in [0.1, 0.15) is 40.4 Å². The zero-order valence-corrected chi connectivity index (χ0v) is 16.2. The molecule has 1 fully saturated rings. The van der Waals surface area contributed by atoms with Crippen LogP contribution in [0.5, 0.6) is 0 Å². The van der Waals surface area contributed by atoms with Crippen molar-refractivity contribution in [3.8, 4) is 0 Å². The first kappa shape index (κ1) is 17.7. The number of nitrogens with zero attached hydrogens (tertiary/aromatic N) is 2. The molecule has 1 aromatic heterocycles. The van der Waals surface area contributed by atoms with Gasteiger partial charge in [0.15, 0.2) is 0 Å². The van der Waals surface area contributed by atoms with Crippen LogP contribution in [0, 0.1) is 5.92 Å². The Morgan fingerprint density at radius 3 is 2.39 bits per heavy atom. The molecular weight excluding hydrogens is 346 g/mol. The van der Waals surface area contributed by atoms with Crippen molar-refractivity contribution in [1.82, 2.24) is 15.1 Å². The van der Waals surface area contributed by atoms with E-state index < -0.39 is 0 Å². The van der Waals surface area contributed by atoms with Gasteiger partial charge in [0, 0.05) is 43.9 Å². The number of ether oxygens (including phenoxy) is 1. The Balaban J connectivity index is 1.48. The van der Waals surface area contributed by atoms with Crippen molar-refractivity contribution < 1.29 is 4.74 Å². The molecule has 0 aliphatic carbocycles. The molecule has 4 nitrogen and oxygen atoms in total. The molecule has 2 aliphatic rings. The lowest BCUT2D eigenvalue weighted by Gasteiger charge is -2.30. The molecule has 2 aliphatic heterocycles. The Morgan fingerprint density at radius 2 is 1.75 bits per heavy atom. The molecule has 1 saturated heterocycles. The van der Waals surface area contributed by atoms with Gasteiger partial charge in [-0.1, -0.05) is 60.7 Å². The number of benzene rings is 2. The van der Waals surface area contributed by atoms with Gasteiger partial charge in [-0.25, -0.2) is 0 Å². The van der Waals surface area contributed by atoms with Crippen LogP contribution < -0.4 is 0 Å². The Labute approximate surface area is 166 Å². The molecule has 1 N–H and O–H groups in total. The van der Waals surface area contributed by atoms with E-state index in [4.69, 9.17) is 9.84 Å². The molecule has 0 radical (unpaired) electrons.